The summed E-state index contributed by atoms with van der Waals surface area (Å²) < 4.78 is 28.2. The van der Waals surface area contributed by atoms with Gasteiger partial charge in [-0.05, 0) is 67.1 Å². The van der Waals surface area contributed by atoms with Gasteiger partial charge in [0.25, 0.3) is 0 Å². The number of piperazine rings is 1. The van der Waals surface area contributed by atoms with Crippen molar-refractivity contribution in [1.29, 1.82) is 0 Å². The van der Waals surface area contributed by atoms with Crippen molar-refractivity contribution in [3.8, 4) is 0 Å². The number of piperidine rings is 1. The van der Waals surface area contributed by atoms with E-state index in [-0.39, 0.29) is 11.2 Å². The lowest BCUT2D eigenvalue weighted by molar-refractivity contribution is 0.101. The van der Waals surface area contributed by atoms with Crippen LogP contribution in [0.3, 0.4) is 0 Å². The summed E-state index contributed by atoms with van der Waals surface area (Å²) in [7, 11) is -3.47. The molecular weight excluding hydrogens is 434 g/mol. The minimum Gasteiger partial charge on any atom is -0.369 e. The van der Waals surface area contributed by atoms with Crippen LogP contribution in [0.5, 0.6) is 0 Å². The lowest BCUT2D eigenvalue weighted by atomic mass is 9.85. The Morgan fingerprint density at radius 1 is 0.970 bits per heavy atom. The minimum atomic E-state index is -3.47. The predicted molar refractivity (Wildman–Crippen MR) is 132 cm³/mol. The van der Waals surface area contributed by atoms with E-state index in [0.29, 0.717) is 18.0 Å². The molecular formula is C26H35N3O3S. The topological polar surface area (TPSA) is 60.9 Å². The fraction of sp³-hybridized carbons (Fsp3) is 0.500. The molecule has 0 atom stereocenters. The zero-order chi connectivity index (χ0) is 23.6. The summed E-state index contributed by atoms with van der Waals surface area (Å²) in [6.45, 7) is 11.4. The van der Waals surface area contributed by atoms with E-state index in [0.717, 1.165) is 62.4 Å². The van der Waals surface area contributed by atoms with Gasteiger partial charge in [0, 0.05) is 57.1 Å². The van der Waals surface area contributed by atoms with Gasteiger partial charge in [0.1, 0.15) is 0 Å². The second-order valence-electron chi connectivity index (χ2n) is 10.1. The van der Waals surface area contributed by atoms with E-state index >= 15 is 0 Å². The summed E-state index contributed by atoms with van der Waals surface area (Å²) in [6.07, 6.45) is 1.97. The summed E-state index contributed by atoms with van der Waals surface area (Å²) in [5.74, 6) is 0.0830. The van der Waals surface area contributed by atoms with Gasteiger partial charge in [0.15, 0.2) is 5.78 Å². The minimum absolute atomic E-state index is 0.0228. The van der Waals surface area contributed by atoms with Crippen LogP contribution in [0.1, 0.15) is 49.5 Å². The molecule has 2 fully saturated rings. The maximum absolute atomic E-state index is 13.3. The molecule has 0 unspecified atom stereocenters. The molecule has 0 N–H and O–H groups in total. The van der Waals surface area contributed by atoms with Crippen LogP contribution in [0, 0.1) is 5.41 Å². The van der Waals surface area contributed by atoms with E-state index in [9.17, 15) is 13.2 Å². The molecule has 2 saturated heterocycles. The summed E-state index contributed by atoms with van der Waals surface area (Å²) in [5, 5.41) is 0. The summed E-state index contributed by atoms with van der Waals surface area (Å²) in [4.78, 5) is 16.6. The Kier molecular flexibility index (Phi) is 6.93. The van der Waals surface area contributed by atoms with Crippen molar-refractivity contribution < 1.29 is 13.2 Å². The molecule has 2 aromatic rings. The van der Waals surface area contributed by atoms with E-state index in [1.807, 2.05) is 42.5 Å². The smallest absolute Gasteiger partial charge is 0.243 e. The molecule has 0 saturated carbocycles. The highest BCUT2D eigenvalue weighted by atomic mass is 32.2. The average molecular weight is 470 g/mol. The average Bonchev–Trinajstić information content (AvgIpc) is 2.79. The third kappa shape index (κ3) is 5.65. The van der Waals surface area contributed by atoms with Gasteiger partial charge in [-0.2, -0.15) is 4.31 Å². The van der Waals surface area contributed by atoms with Gasteiger partial charge in [0.05, 0.1) is 4.90 Å². The van der Waals surface area contributed by atoms with Crippen LogP contribution in [-0.4, -0.2) is 62.7 Å². The third-order valence-electron chi connectivity index (χ3n) is 6.82. The quantitative estimate of drug-likeness (QED) is 0.598. The fourth-order valence-electron chi connectivity index (χ4n) is 4.86. The van der Waals surface area contributed by atoms with Gasteiger partial charge in [0.2, 0.25) is 10.0 Å². The molecule has 2 aliphatic rings. The molecule has 0 amide bonds. The number of benzene rings is 2. The first kappa shape index (κ1) is 23.9. The van der Waals surface area contributed by atoms with Crippen molar-refractivity contribution in [2.75, 3.05) is 44.2 Å². The van der Waals surface area contributed by atoms with Crippen LogP contribution in [-0.2, 0) is 16.6 Å². The van der Waals surface area contributed by atoms with Gasteiger partial charge in [-0.1, -0.05) is 26.0 Å². The molecule has 178 valence electrons. The largest absolute Gasteiger partial charge is 0.369 e. The van der Waals surface area contributed by atoms with Crippen molar-refractivity contribution >= 4 is 21.5 Å². The zero-order valence-corrected chi connectivity index (χ0v) is 20.8. The van der Waals surface area contributed by atoms with E-state index in [1.54, 1.807) is 17.3 Å². The predicted octanol–water partition coefficient (Wildman–Crippen LogP) is 4.02. The van der Waals surface area contributed by atoms with Crippen molar-refractivity contribution in [3.05, 3.63) is 59.7 Å². The number of rotatable bonds is 6. The van der Waals surface area contributed by atoms with Crippen LogP contribution >= 0.6 is 0 Å². The number of carbonyl (C=O) groups excluding carboxylic acids is 1. The van der Waals surface area contributed by atoms with Gasteiger partial charge in [-0.3, -0.25) is 9.69 Å². The number of sulfonamides is 1. The molecule has 33 heavy (non-hydrogen) atoms. The molecule has 0 aromatic heterocycles. The number of Topliss-reactive ketones (excluding diaryl/α,β-unsaturated/α-hetero) is 1. The lowest BCUT2D eigenvalue weighted by Gasteiger charge is -2.37. The Hall–Kier alpha value is -2.22. The Morgan fingerprint density at radius 2 is 1.67 bits per heavy atom. The van der Waals surface area contributed by atoms with Crippen molar-refractivity contribution in [3.63, 3.8) is 0 Å². The van der Waals surface area contributed by atoms with Gasteiger partial charge in [-0.15, -0.1) is 0 Å². The van der Waals surface area contributed by atoms with Crippen molar-refractivity contribution in [2.45, 2.75) is 45.1 Å². The Balaban J connectivity index is 1.38. The standard InChI is InChI=1S/C26H35N3O3S/c1-21(30)23-8-10-24(11-9-23)28-16-14-27(15-17-28)19-22-6-4-7-25(18-22)33(31,32)29-13-5-12-26(2,3)20-29/h4,6-11,18H,5,12-17,19-20H2,1-3H3. The molecule has 0 bridgehead atoms. The Bertz CT molecular complexity index is 1090. The number of ketones is 1. The van der Waals surface area contributed by atoms with Crippen LogP contribution in [0.25, 0.3) is 0 Å². The van der Waals surface area contributed by atoms with E-state index in [2.05, 4.69) is 23.6 Å². The lowest BCUT2D eigenvalue weighted by Crippen LogP contribution is -2.46. The van der Waals surface area contributed by atoms with Crippen LogP contribution in [0.15, 0.2) is 53.4 Å². The molecule has 0 radical (unpaired) electrons. The van der Waals surface area contributed by atoms with E-state index in [4.69, 9.17) is 0 Å². The highest BCUT2D eigenvalue weighted by Crippen LogP contribution is 2.32. The highest BCUT2D eigenvalue weighted by Gasteiger charge is 2.34. The maximum atomic E-state index is 13.3. The Labute approximate surface area is 198 Å². The van der Waals surface area contributed by atoms with Crippen LogP contribution in [0.4, 0.5) is 5.69 Å². The number of hydrogen-bond acceptors (Lipinski definition) is 5. The molecule has 0 aliphatic carbocycles. The molecule has 0 spiro atoms. The molecule has 2 aromatic carbocycles. The van der Waals surface area contributed by atoms with Crippen molar-refractivity contribution in [1.82, 2.24) is 9.21 Å². The van der Waals surface area contributed by atoms with Gasteiger partial charge >= 0.3 is 0 Å². The zero-order valence-electron chi connectivity index (χ0n) is 20.0. The van der Waals surface area contributed by atoms with E-state index < -0.39 is 10.0 Å². The molecule has 4 rings (SSSR count). The maximum Gasteiger partial charge on any atom is 0.243 e. The third-order valence-corrected chi connectivity index (χ3v) is 8.66. The molecule has 2 aliphatic heterocycles. The number of anilines is 1. The summed E-state index contributed by atoms with van der Waals surface area (Å²) in [6, 6.07) is 15.3. The van der Waals surface area contributed by atoms with Crippen LogP contribution in [0.2, 0.25) is 0 Å². The number of carbonyl (C=O) groups is 1. The van der Waals surface area contributed by atoms with Gasteiger partial charge in [-0.25, -0.2) is 8.42 Å². The molecule has 2 heterocycles. The van der Waals surface area contributed by atoms with Crippen molar-refractivity contribution in [2.24, 2.45) is 5.41 Å². The Morgan fingerprint density at radius 3 is 2.30 bits per heavy atom. The number of hydrogen-bond donors (Lipinski definition) is 0. The molecule has 7 heteroatoms. The normalized spacial score (nSPS) is 20.0. The second-order valence-corrected chi connectivity index (χ2v) is 12.1. The molecule has 6 nitrogen and oxygen atoms in total. The fourth-order valence-corrected chi connectivity index (χ4v) is 6.60. The van der Waals surface area contributed by atoms with E-state index in [1.165, 1.54) is 0 Å². The first-order valence-electron chi connectivity index (χ1n) is 11.8. The highest BCUT2D eigenvalue weighted by molar-refractivity contribution is 7.89. The second kappa shape index (κ2) is 9.57. The first-order chi connectivity index (χ1) is 15.6. The summed E-state index contributed by atoms with van der Waals surface area (Å²) in [5.41, 5.74) is 2.93. The van der Waals surface area contributed by atoms with Crippen LogP contribution < -0.4 is 4.90 Å². The van der Waals surface area contributed by atoms with Gasteiger partial charge < -0.3 is 4.90 Å². The monoisotopic (exact) mass is 469 g/mol. The SMILES string of the molecule is CC(=O)c1ccc(N2CCN(Cc3cccc(S(=O)(=O)N4CCCC(C)(C)C4)c3)CC2)cc1. The number of nitrogens with zero attached hydrogens (tertiary/aromatic N) is 3. The first-order valence-corrected chi connectivity index (χ1v) is 13.3. The summed E-state index contributed by atoms with van der Waals surface area (Å²) >= 11 is 0.